The van der Waals surface area contributed by atoms with E-state index in [4.69, 9.17) is 11.6 Å². The van der Waals surface area contributed by atoms with E-state index in [1.807, 2.05) is 0 Å². The maximum Gasteiger partial charge on any atom is 0.334 e. The highest BCUT2D eigenvalue weighted by Crippen LogP contribution is 2.22. The summed E-state index contributed by atoms with van der Waals surface area (Å²) in [4.78, 5) is 37.2. The van der Waals surface area contributed by atoms with Crippen LogP contribution in [0.3, 0.4) is 0 Å². The quantitative estimate of drug-likeness (QED) is 0.632. The molecule has 0 spiro atoms. The minimum Gasteiger partial charge on any atom is -0.263 e. The molecule has 106 valence electrons. The van der Waals surface area contributed by atoms with Crippen LogP contribution >= 0.6 is 11.6 Å². The molecule has 7 heteroatoms. The van der Waals surface area contributed by atoms with E-state index in [0.717, 1.165) is 15.9 Å². The second-order valence-electron chi connectivity index (χ2n) is 4.37. The molecule has 1 heterocycles. The van der Waals surface area contributed by atoms with Crippen molar-refractivity contribution in [2.75, 3.05) is 6.54 Å². The molecule has 0 unspecified atom stereocenters. The number of hydrogen-bond donors (Lipinski definition) is 0. The summed E-state index contributed by atoms with van der Waals surface area (Å²) in [6, 6.07) is 2.98. The van der Waals surface area contributed by atoms with Crippen molar-refractivity contribution >= 4 is 29.4 Å². The molecule has 0 aliphatic carbocycles. The molecule has 1 fully saturated rings. The Labute approximate surface area is 119 Å². The van der Waals surface area contributed by atoms with Gasteiger partial charge in [-0.25, -0.2) is 9.18 Å². The van der Waals surface area contributed by atoms with E-state index in [-0.39, 0.29) is 18.1 Å². The highest BCUT2D eigenvalue weighted by Gasteiger charge is 2.43. The molecule has 1 aliphatic heterocycles. The lowest BCUT2D eigenvalue weighted by Crippen LogP contribution is -2.33. The van der Waals surface area contributed by atoms with E-state index < -0.39 is 23.7 Å². The molecular weight excluding hydrogens is 287 g/mol. The van der Waals surface area contributed by atoms with E-state index >= 15 is 0 Å². The molecule has 2 rings (SSSR count). The van der Waals surface area contributed by atoms with Crippen LogP contribution in [0.5, 0.6) is 0 Å². The van der Waals surface area contributed by atoms with Crippen LogP contribution in [0.4, 0.5) is 9.18 Å². The van der Waals surface area contributed by atoms with E-state index in [2.05, 4.69) is 0 Å². The van der Waals surface area contributed by atoms with Gasteiger partial charge in [-0.2, -0.15) is 0 Å². The molecule has 0 saturated carbocycles. The number of halogens is 2. The van der Waals surface area contributed by atoms with Gasteiger partial charge in [0.05, 0.1) is 6.54 Å². The number of benzene rings is 1. The third kappa shape index (κ3) is 2.51. The predicted molar refractivity (Wildman–Crippen MR) is 69.4 cm³/mol. The van der Waals surface area contributed by atoms with Gasteiger partial charge in [0, 0.05) is 11.6 Å². The first-order valence-electron chi connectivity index (χ1n) is 6.07. The first kappa shape index (κ1) is 14.5. The van der Waals surface area contributed by atoms with Crippen molar-refractivity contribution in [1.82, 2.24) is 9.80 Å². The van der Waals surface area contributed by atoms with Crippen LogP contribution in [0.1, 0.15) is 18.9 Å². The molecule has 1 aromatic carbocycles. The van der Waals surface area contributed by atoms with Crippen molar-refractivity contribution in [1.29, 1.82) is 0 Å². The van der Waals surface area contributed by atoms with Gasteiger partial charge in [0.15, 0.2) is 0 Å². The molecule has 4 amide bonds. The van der Waals surface area contributed by atoms with Crippen molar-refractivity contribution in [2.24, 2.45) is 0 Å². The second-order valence-corrected chi connectivity index (χ2v) is 4.77. The average molecular weight is 299 g/mol. The summed E-state index contributed by atoms with van der Waals surface area (Å²) < 4.78 is 12.9. The number of urea groups is 1. The Kier molecular flexibility index (Phi) is 4.04. The van der Waals surface area contributed by atoms with Crippen molar-refractivity contribution in [2.45, 2.75) is 19.9 Å². The molecule has 0 radical (unpaired) electrons. The standard InChI is InChI=1S/C13H12ClFN2O3/c1-2-5-16-11(18)12(19)17(13(16)20)7-8-3-4-9(15)6-10(8)14/h3-4,6H,2,5,7H2,1H3. The molecule has 5 nitrogen and oxygen atoms in total. The summed E-state index contributed by atoms with van der Waals surface area (Å²) in [6.45, 7) is 1.84. The van der Waals surface area contributed by atoms with Crippen LogP contribution in [-0.2, 0) is 16.1 Å². The zero-order chi connectivity index (χ0) is 14.9. The number of nitrogens with zero attached hydrogens (tertiary/aromatic N) is 2. The Hall–Kier alpha value is -1.95. The molecule has 0 atom stereocenters. The minimum absolute atomic E-state index is 0.104. The summed E-state index contributed by atoms with van der Waals surface area (Å²) in [5.41, 5.74) is 0.404. The molecule has 0 bridgehead atoms. The number of rotatable bonds is 4. The maximum atomic E-state index is 12.9. The Morgan fingerprint density at radius 2 is 1.80 bits per heavy atom. The summed E-state index contributed by atoms with van der Waals surface area (Å²) in [5, 5.41) is 0.104. The highest BCUT2D eigenvalue weighted by molar-refractivity contribution is 6.44. The topological polar surface area (TPSA) is 57.7 Å². The average Bonchev–Trinajstić information content (AvgIpc) is 2.59. The largest absolute Gasteiger partial charge is 0.334 e. The first-order chi connectivity index (χ1) is 9.45. The fourth-order valence-corrected chi connectivity index (χ4v) is 2.16. The summed E-state index contributed by atoms with van der Waals surface area (Å²) in [5.74, 6) is -2.24. The van der Waals surface area contributed by atoms with Crippen LogP contribution < -0.4 is 0 Å². The number of carbonyl (C=O) groups is 3. The Morgan fingerprint density at radius 1 is 1.15 bits per heavy atom. The second kappa shape index (κ2) is 5.58. The van der Waals surface area contributed by atoms with Gasteiger partial charge in [-0.1, -0.05) is 24.6 Å². The van der Waals surface area contributed by atoms with Crippen LogP contribution in [0.25, 0.3) is 0 Å². The van der Waals surface area contributed by atoms with Gasteiger partial charge in [-0.3, -0.25) is 19.4 Å². The van der Waals surface area contributed by atoms with Crippen LogP contribution in [0.2, 0.25) is 5.02 Å². The van der Waals surface area contributed by atoms with Gasteiger partial charge in [0.1, 0.15) is 5.82 Å². The third-order valence-corrected chi connectivity index (χ3v) is 3.28. The van der Waals surface area contributed by atoms with Crippen LogP contribution in [0.15, 0.2) is 18.2 Å². The van der Waals surface area contributed by atoms with E-state index in [1.54, 1.807) is 6.92 Å². The lowest BCUT2D eigenvalue weighted by molar-refractivity contribution is -0.143. The molecule has 20 heavy (non-hydrogen) atoms. The van der Waals surface area contributed by atoms with Gasteiger partial charge in [-0.15, -0.1) is 0 Å². The predicted octanol–water partition coefficient (Wildman–Crippen LogP) is 2.18. The molecule has 0 aromatic heterocycles. The van der Waals surface area contributed by atoms with Crippen molar-refractivity contribution < 1.29 is 18.8 Å². The summed E-state index contributed by atoms with van der Waals surface area (Å²) >= 11 is 5.85. The lowest BCUT2D eigenvalue weighted by Gasteiger charge is -2.15. The molecule has 1 saturated heterocycles. The normalized spacial score (nSPS) is 15.4. The number of amides is 4. The Bertz CT molecular complexity index is 591. The smallest absolute Gasteiger partial charge is 0.263 e. The van der Waals surface area contributed by atoms with Crippen LogP contribution in [-0.4, -0.2) is 34.2 Å². The lowest BCUT2D eigenvalue weighted by atomic mass is 10.2. The van der Waals surface area contributed by atoms with E-state index in [1.165, 1.54) is 12.1 Å². The zero-order valence-electron chi connectivity index (χ0n) is 10.7. The fraction of sp³-hybridized carbons (Fsp3) is 0.308. The van der Waals surface area contributed by atoms with Gasteiger partial charge in [0.2, 0.25) is 0 Å². The molecule has 1 aliphatic rings. The van der Waals surface area contributed by atoms with Crippen LogP contribution in [0, 0.1) is 5.82 Å². The van der Waals surface area contributed by atoms with Crippen molar-refractivity contribution in [3.8, 4) is 0 Å². The zero-order valence-corrected chi connectivity index (χ0v) is 11.5. The first-order valence-corrected chi connectivity index (χ1v) is 6.44. The maximum absolute atomic E-state index is 12.9. The SMILES string of the molecule is CCCN1C(=O)C(=O)N(Cc2ccc(F)cc2Cl)C1=O. The van der Waals surface area contributed by atoms with Crippen molar-refractivity contribution in [3.05, 3.63) is 34.6 Å². The summed E-state index contributed by atoms with van der Waals surface area (Å²) in [7, 11) is 0. The number of imide groups is 2. The van der Waals surface area contributed by atoms with Gasteiger partial charge in [-0.05, 0) is 24.1 Å². The summed E-state index contributed by atoms with van der Waals surface area (Å²) in [6.07, 6.45) is 0.565. The van der Waals surface area contributed by atoms with E-state index in [9.17, 15) is 18.8 Å². The van der Waals surface area contributed by atoms with Gasteiger partial charge >= 0.3 is 17.8 Å². The molecule has 0 N–H and O–H groups in total. The van der Waals surface area contributed by atoms with Crippen molar-refractivity contribution in [3.63, 3.8) is 0 Å². The fourth-order valence-electron chi connectivity index (χ4n) is 1.93. The Balaban J connectivity index is 2.23. The van der Waals surface area contributed by atoms with Gasteiger partial charge in [0.25, 0.3) is 0 Å². The highest BCUT2D eigenvalue weighted by atomic mass is 35.5. The minimum atomic E-state index is -0.885. The van der Waals surface area contributed by atoms with Gasteiger partial charge < -0.3 is 0 Å². The molecule has 1 aromatic rings. The van der Waals surface area contributed by atoms with E-state index in [0.29, 0.717) is 12.0 Å². The monoisotopic (exact) mass is 298 g/mol. The third-order valence-electron chi connectivity index (χ3n) is 2.93. The number of hydrogen-bond acceptors (Lipinski definition) is 3. The number of carbonyl (C=O) groups excluding carboxylic acids is 3. The molecular formula is C13H12ClFN2O3. The Morgan fingerprint density at radius 3 is 2.40 bits per heavy atom.